The lowest BCUT2D eigenvalue weighted by Gasteiger charge is -2.17. The fraction of sp³-hybridized carbons (Fsp3) is 0.526. The molecular formula is C19H26N2O3S. The third kappa shape index (κ3) is 4.44. The minimum Gasteiger partial charge on any atom is -0.441 e. The summed E-state index contributed by atoms with van der Waals surface area (Å²) in [6.45, 7) is 7.90. The zero-order chi connectivity index (χ0) is 18.0. The first-order valence-electron chi connectivity index (χ1n) is 8.63. The first-order valence-corrected chi connectivity index (χ1v) is 9.85. The van der Waals surface area contributed by atoms with Gasteiger partial charge in [0.25, 0.3) is 0 Å². The Morgan fingerprint density at radius 3 is 2.68 bits per heavy atom. The van der Waals surface area contributed by atoms with E-state index in [1.54, 1.807) is 11.8 Å². The number of aliphatic hydroxyl groups is 1. The molecule has 6 heteroatoms. The molecule has 0 amide bonds. The minimum atomic E-state index is -0.451. The number of nitrogens with zero attached hydrogens (tertiary/aromatic N) is 2. The van der Waals surface area contributed by atoms with Gasteiger partial charge in [-0.05, 0) is 51.3 Å². The standard InChI is InChI=1S/C19H26N2O3S/c1-12(2)23-18-11-21(10-17(18)22)9-16-13(3)24-19(20-16)14-5-7-15(25-4)8-6-14/h5-8,12,17-18,22H,9-11H2,1-4H3/t17-,18-/m0/s1. The van der Waals surface area contributed by atoms with Crippen LogP contribution in [-0.2, 0) is 11.3 Å². The van der Waals surface area contributed by atoms with Gasteiger partial charge < -0.3 is 14.3 Å². The van der Waals surface area contributed by atoms with Gasteiger partial charge >= 0.3 is 0 Å². The molecule has 1 saturated heterocycles. The fourth-order valence-electron chi connectivity index (χ4n) is 3.09. The topological polar surface area (TPSA) is 58.7 Å². The van der Waals surface area contributed by atoms with Crippen LogP contribution in [0.5, 0.6) is 0 Å². The Morgan fingerprint density at radius 1 is 1.32 bits per heavy atom. The third-order valence-electron chi connectivity index (χ3n) is 4.36. The van der Waals surface area contributed by atoms with Crippen molar-refractivity contribution in [1.29, 1.82) is 0 Å². The molecule has 1 aromatic heterocycles. The van der Waals surface area contributed by atoms with Crippen LogP contribution in [0.25, 0.3) is 11.5 Å². The van der Waals surface area contributed by atoms with Crippen molar-refractivity contribution in [2.75, 3.05) is 19.3 Å². The molecule has 0 saturated carbocycles. The summed E-state index contributed by atoms with van der Waals surface area (Å²) in [7, 11) is 0. The van der Waals surface area contributed by atoms with E-state index in [9.17, 15) is 5.11 Å². The van der Waals surface area contributed by atoms with Gasteiger partial charge in [-0.1, -0.05) is 0 Å². The van der Waals surface area contributed by atoms with E-state index < -0.39 is 6.10 Å². The number of aromatic nitrogens is 1. The monoisotopic (exact) mass is 362 g/mol. The molecule has 0 bridgehead atoms. The van der Waals surface area contributed by atoms with Crippen LogP contribution in [0.3, 0.4) is 0 Å². The van der Waals surface area contributed by atoms with E-state index >= 15 is 0 Å². The number of likely N-dealkylation sites (tertiary alicyclic amines) is 1. The zero-order valence-electron chi connectivity index (χ0n) is 15.2. The Kier molecular flexibility index (Phi) is 5.84. The maximum atomic E-state index is 10.2. The van der Waals surface area contributed by atoms with E-state index in [-0.39, 0.29) is 12.2 Å². The maximum Gasteiger partial charge on any atom is 0.226 e. The van der Waals surface area contributed by atoms with Gasteiger partial charge in [0.1, 0.15) is 5.76 Å². The van der Waals surface area contributed by atoms with Crippen LogP contribution in [-0.4, -0.2) is 52.6 Å². The second kappa shape index (κ2) is 7.91. The molecule has 2 atom stereocenters. The molecular weight excluding hydrogens is 336 g/mol. The summed E-state index contributed by atoms with van der Waals surface area (Å²) in [5.74, 6) is 1.47. The molecule has 0 radical (unpaired) electrons. The largest absolute Gasteiger partial charge is 0.441 e. The Balaban J connectivity index is 1.68. The molecule has 136 valence electrons. The first-order chi connectivity index (χ1) is 12.0. The van der Waals surface area contributed by atoms with Gasteiger partial charge in [-0.3, -0.25) is 4.90 Å². The quantitative estimate of drug-likeness (QED) is 0.796. The van der Waals surface area contributed by atoms with Gasteiger partial charge in [0, 0.05) is 30.1 Å². The van der Waals surface area contributed by atoms with Crippen molar-refractivity contribution in [1.82, 2.24) is 9.88 Å². The van der Waals surface area contributed by atoms with Crippen LogP contribution in [0.1, 0.15) is 25.3 Å². The van der Waals surface area contributed by atoms with Crippen LogP contribution in [0.2, 0.25) is 0 Å². The number of aryl methyl sites for hydroxylation is 1. The van der Waals surface area contributed by atoms with Crippen LogP contribution in [0.15, 0.2) is 33.6 Å². The average molecular weight is 362 g/mol. The summed E-state index contributed by atoms with van der Waals surface area (Å²) in [6, 6.07) is 8.22. The number of hydrogen-bond acceptors (Lipinski definition) is 6. The molecule has 1 aliphatic heterocycles. The fourth-order valence-corrected chi connectivity index (χ4v) is 3.50. The number of hydrogen-bond donors (Lipinski definition) is 1. The summed E-state index contributed by atoms with van der Waals surface area (Å²) < 4.78 is 11.6. The van der Waals surface area contributed by atoms with Gasteiger partial charge in [-0.15, -0.1) is 11.8 Å². The van der Waals surface area contributed by atoms with Gasteiger partial charge in [0.15, 0.2) is 0 Å². The molecule has 1 aliphatic rings. The highest BCUT2D eigenvalue weighted by Gasteiger charge is 2.33. The van der Waals surface area contributed by atoms with Gasteiger partial charge in [-0.25, -0.2) is 4.98 Å². The molecule has 1 N–H and O–H groups in total. The molecule has 0 unspecified atom stereocenters. The van der Waals surface area contributed by atoms with E-state index in [1.165, 1.54) is 4.90 Å². The SMILES string of the molecule is CSc1ccc(-c2nc(CN3C[C@H](OC(C)C)[C@@H](O)C3)c(C)o2)cc1. The summed E-state index contributed by atoms with van der Waals surface area (Å²) in [5, 5.41) is 10.2. The lowest BCUT2D eigenvalue weighted by atomic mass is 10.2. The Bertz CT molecular complexity index is 699. The molecule has 3 rings (SSSR count). The van der Waals surface area contributed by atoms with Crippen molar-refractivity contribution in [2.24, 2.45) is 0 Å². The van der Waals surface area contributed by atoms with Gasteiger partial charge in [0.2, 0.25) is 5.89 Å². The summed E-state index contributed by atoms with van der Waals surface area (Å²) in [5.41, 5.74) is 1.90. The number of thioether (sulfide) groups is 1. The normalized spacial score (nSPS) is 21.4. The Labute approximate surface area is 153 Å². The van der Waals surface area contributed by atoms with E-state index in [2.05, 4.69) is 28.3 Å². The number of ether oxygens (including phenoxy) is 1. The summed E-state index contributed by atoms with van der Waals surface area (Å²) in [4.78, 5) is 8.06. The van der Waals surface area contributed by atoms with E-state index in [0.717, 1.165) is 17.0 Å². The van der Waals surface area contributed by atoms with Crippen molar-refractivity contribution in [3.63, 3.8) is 0 Å². The maximum absolute atomic E-state index is 10.2. The molecule has 0 aliphatic carbocycles. The van der Waals surface area contributed by atoms with Crippen molar-refractivity contribution in [3.8, 4) is 11.5 Å². The van der Waals surface area contributed by atoms with Crippen LogP contribution < -0.4 is 0 Å². The van der Waals surface area contributed by atoms with Crippen molar-refractivity contribution >= 4 is 11.8 Å². The van der Waals surface area contributed by atoms with Gasteiger partial charge in [0.05, 0.1) is 24.0 Å². The van der Waals surface area contributed by atoms with E-state index in [1.807, 2.05) is 32.9 Å². The number of aliphatic hydroxyl groups excluding tert-OH is 1. The molecule has 0 spiro atoms. The summed E-state index contributed by atoms with van der Waals surface area (Å²) >= 11 is 1.71. The Hall–Kier alpha value is -1.34. The highest BCUT2D eigenvalue weighted by Crippen LogP contribution is 2.26. The predicted octanol–water partition coefficient (Wildman–Crippen LogP) is 3.34. The number of oxazole rings is 1. The number of β-amino-alcohol motifs (C(OH)–C–C–N with tert-alkyl or cyclic N) is 1. The van der Waals surface area contributed by atoms with E-state index in [0.29, 0.717) is 25.5 Å². The van der Waals surface area contributed by atoms with Crippen molar-refractivity contribution < 1.29 is 14.3 Å². The molecule has 25 heavy (non-hydrogen) atoms. The van der Waals surface area contributed by atoms with Gasteiger partial charge in [-0.2, -0.15) is 0 Å². The molecule has 5 nitrogen and oxygen atoms in total. The first kappa shape index (κ1) is 18.5. The van der Waals surface area contributed by atoms with Crippen LogP contribution >= 0.6 is 11.8 Å². The lowest BCUT2D eigenvalue weighted by molar-refractivity contribution is -0.0396. The molecule has 2 aromatic rings. The molecule has 1 fully saturated rings. The minimum absolute atomic E-state index is 0.115. The summed E-state index contributed by atoms with van der Waals surface area (Å²) in [6.07, 6.45) is 1.59. The van der Waals surface area contributed by atoms with Crippen LogP contribution in [0.4, 0.5) is 0 Å². The highest BCUT2D eigenvalue weighted by molar-refractivity contribution is 7.98. The second-order valence-electron chi connectivity index (χ2n) is 6.74. The zero-order valence-corrected chi connectivity index (χ0v) is 16.0. The number of rotatable bonds is 6. The Morgan fingerprint density at radius 2 is 2.04 bits per heavy atom. The van der Waals surface area contributed by atoms with Crippen molar-refractivity contribution in [2.45, 2.75) is 50.5 Å². The second-order valence-corrected chi connectivity index (χ2v) is 7.61. The lowest BCUT2D eigenvalue weighted by Crippen LogP contribution is -2.29. The van der Waals surface area contributed by atoms with Crippen LogP contribution in [0, 0.1) is 6.92 Å². The molecule has 2 heterocycles. The third-order valence-corrected chi connectivity index (χ3v) is 5.11. The van der Waals surface area contributed by atoms with Crippen molar-refractivity contribution in [3.05, 3.63) is 35.7 Å². The molecule has 1 aromatic carbocycles. The predicted molar refractivity (Wildman–Crippen MR) is 99.7 cm³/mol. The average Bonchev–Trinajstić information content (AvgIpc) is 3.10. The van der Waals surface area contributed by atoms with E-state index in [4.69, 9.17) is 9.15 Å². The number of benzene rings is 1. The highest BCUT2D eigenvalue weighted by atomic mass is 32.2. The smallest absolute Gasteiger partial charge is 0.226 e.